The molecule has 160 valence electrons. The maximum atomic E-state index is 4.95. The van der Waals surface area contributed by atoms with Crippen molar-refractivity contribution in [2.24, 2.45) is 21.8 Å². The molecule has 0 fully saturated rings. The maximum absolute atomic E-state index is 4.95. The molecule has 0 unspecified atom stereocenters. The minimum atomic E-state index is 0.513. The molecule has 0 saturated carbocycles. The highest BCUT2D eigenvalue weighted by Crippen LogP contribution is 2.43. The fourth-order valence-electron chi connectivity index (χ4n) is 5.01. The fraction of sp³-hybridized carbons (Fsp3) is 0.310. The zero-order valence-corrected chi connectivity index (χ0v) is 20.0. The molecule has 0 bridgehead atoms. The van der Waals surface area contributed by atoms with Crippen LogP contribution in [-0.4, -0.2) is 11.4 Å². The van der Waals surface area contributed by atoms with E-state index in [1.165, 1.54) is 65.5 Å². The lowest BCUT2D eigenvalue weighted by Gasteiger charge is -2.09. The van der Waals surface area contributed by atoms with Gasteiger partial charge >= 0.3 is 0 Å². The molecule has 0 radical (unpaired) electrons. The van der Waals surface area contributed by atoms with Gasteiger partial charge in [0.25, 0.3) is 0 Å². The molecule has 1 aromatic heterocycles. The van der Waals surface area contributed by atoms with Crippen molar-refractivity contribution in [3.05, 3.63) is 71.1 Å². The summed E-state index contributed by atoms with van der Waals surface area (Å²) in [4.78, 5) is 10.9. The van der Waals surface area contributed by atoms with Crippen LogP contribution >= 0.6 is 11.3 Å². The molecule has 0 spiro atoms. The minimum absolute atomic E-state index is 0.513. The van der Waals surface area contributed by atoms with Crippen LogP contribution in [0.2, 0.25) is 0 Å². The number of rotatable bonds is 4. The summed E-state index contributed by atoms with van der Waals surface area (Å²) in [6.07, 6.45) is 5.05. The van der Waals surface area contributed by atoms with E-state index in [0.717, 1.165) is 19.3 Å². The van der Waals surface area contributed by atoms with Crippen LogP contribution in [0.4, 0.5) is 0 Å². The van der Waals surface area contributed by atoms with Crippen molar-refractivity contribution in [3.63, 3.8) is 0 Å². The molecule has 3 aromatic rings. The number of hydrogen-bond donors (Lipinski definition) is 0. The maximum Gasteiger partial charge on any atom is 0.0489 e. The molecule has 0 amide bonds. The number of benzene rings is 2. The second kappa shape index (κ2) is 7.38. The van der Waals surface area contributed by atoms with Gasteiger partial charge in [0.15, 0.2) is 0 Å². The lowest BCUT2D eigenvalue weighted by atomic mass is 9.96. The van der Waals surface area contributed by atoms with Gasteiger partial charge in [-0.1, -0.05) is 52.0 Å². The first-order valence-electron chi connectivity index (χ1n) is 11.7. The van der Waals surface area contributed by atoms with Crippen LogP contribution in [0.5, 0.6) is 0 Å². The number of fused-ring (bicyclic) bond motifs is 3. The summed E-state index contributed by atoms with van der Waals surface area (Å²) in [5, 5.41) is 1.32. The lowest BCUT2D eigenvalue weighted by Crippen LogP contribution is -2.05. The third kappa shape index (κ3) is 3.22. The van der Waals surface area contributed by atoms with Gasteiger partial charge in [-0.3, -0.25) is 9.98 Å². The first-order valence-corrected chi connectivity index (χ1v) is 12.5. The number of nitrogens with zero attached hydrogens (tertiary/aromatic N) is 2. The molecule has 0 saturated heterocycles. The van der Waals surface area contributed by atoms with Crippen molar-refractivity contribution in [1.29, 1.82) is 0 Å². The summed E-state index contributed by atoms with van der Waals surface area (Å²) >= 11 is 1.90. The van der Waals surface area contributed by atoms with Crippen LogP contribution in [0, 0.1) is 11.8 Å². The first-order chi connectivity index (χ1) is 15.5. The predicted molar refractivity (Wildman–Crippen MR) is 140 cm³/mol. The van der Waals surface area contributed by atoms with E-state index in [0.29, 0.717) is 11.8 Å². The Balaban J connectivity index is 1.27. The monoisotopic (exact) mass is 436 g/mol. The van der Waals surface area contributed by atoms with E-state index in [1.807, 2.05) is 11.3 Å². The van der Waals surface area contributed by atoms with Gasteiger partial charge in [-0.25, -0.2) is 0 Å². The van der Waals surface area contributed by atoms with Crippen LogP contribution in [0.25, 0.3) is 31.7 Å². The summed E-state index contributed by atoms with van der Waals surface area (Å²) in [7, 11) is 0. The van der Waals surface area contributed by atoms with Gasteiger partial charge in [0.1, 0.15) is 0 Å². The van der Waals surface area contributed by atoms with Crippen LogP contribution in [-0.2, 0) is 6.42 Å². The van der Waals surface area contributed by atoms with E-state index in [1.54, 1.807) is 0 Å². The van der Waals surface area contributed by atoms with Crippen LogP contribution < -0.4 is 0 Å². The normalized spacial score (nSPS) is 17.4. The van der Waals surface area contributed by atoms with Crippen LogP contribution in [0.15, 0.2) is 64.3 Å². The van der Waals surface area contributed by atoms with Crippen molar-refractivity contribution in [2.75, 3.05) is 0 Å². The second-order valence-electron chi connectivity index (χ2n) is 9.88. The molecular formula is C29H28N2S. The van der Waals surface area contributed by atoms with Crippen LogP contribution in [0.3, 0.4) is 0 Å². The number of thiophene rings is 1. The number of aliphatic imine (C=N–C) groups is 2. The Labute approximate surface area is 194 Å². The summed E-state index contributed by atoms with van der Waals surface area (Å²) in [5.74, 6) is 1.05. The minimum Gasteiger partial charge on any atom is -0.265 e. The zero-order chi connectivity index (χ0) is 22.0. The molecule has 0 N–H and O–H groups in total. The van der Waals surface area contributed by atoms with Gasteiger partial charge < -0.3 is 0 Å². The number of hydrogen-bond acceptors (Lipinski definition) is 3. The second-order valence-corrected chi connectivity index (χ2v) is 11.0. The van der Waals surface area contributed by atoms with Gasteiger partial charge in [0.2, 0.25) is 0 Å². The van der Waals surface area contributed by atoms with E-state index >= 15 is 0 Å². The SMILES string of the molecule is CC(C)C1=NC=C(c2ccc3cc(-c4ccc5c(c4)CC4=C5CC(C(C)C)=N4)sc3c2)C1. The van der Waals surface area contributed by atoms with E-state index in [9.17, 15) is 0 Å². The first kappa shape index (κ1) is 19.9. The van der Waals surface area contributed by atoms with E-state index in [2.05, 4.69) is 81.4 Å². The standard InChI is InChI=1S/C29H28N2S/c1-16(2)25-11-22(15-30-25)18-5-6-20-13-29(32-28(20)12-18)19-7-8-23-21(9-19)10-27-24(23)14-26(31-27)17(3)4/h5-9,12-13,15-17H,10-11,14H2,1-4H3. The quantitative estimate of drug-likeness (QED) is 0.394. The van der Waals surface area contributed by atoms with Crippen molar-refractivity contribution in [2.45, 2.75) is 47.0 Å². The Bertz CT molecular complexity index is 1390. The van der Waals surface area contributed by atoms with E-state index in [4.69, 9.17) is 4.99 Å². The highest BCUT2D eigenvalue weighted by molar-refractivity contribution is 7.22. The van der Waals surface area contributed by atoms with E-state index in [-0.39, 0.29) is 0 Å². The van der Waals surface area contributed by atoms with Crippen molar-refractivity contribution in [3.8, 4) is 10.4 Å². The summed E-state index contributed by atoms with van der Waals surface area (Å²) in [6.45, 7) is 8.94. The van der Waals surface area contributed by atoms with Crippen molar-refractivity contribution < 1.29 is 0 Å². The lowest BCUT2D eigenvalue weighted by molar-refractivity contribution is 0.870. The van der Waals surface area contributed by atoms with Crippen molar-refractivity contribution in [1.82, 2.24) is 0 Å². The highest BCUT2D eigenvalue weighted by Gasteiger charge is 2.28. The molecule has 2 aliphatic heterocycles. The Morgan fingerprint density at radius 3 is 2.41 bits per heavy atom. The van der Waals surface area contributed by atoms with Gasteiger partial charge in [-0.15, -0.1) is 11.3 Å². The average Bonchev–Trinajstić information content (AvgIpc) is 3.54. The predicted octanol–water partition coefficient (Wildman–Crippen LogP) is 8.18. The molecular weight excluding hydrogens is 408 g/mol. The molecule has 6 rings (SSSR count). The smallest absolute Gasteiger partial charge is 0.0489 e. The summed E-state index contributed by atoms with van der Waals surface area (Å²) in [6, 6.07) is 16.2. The molecule has 3 aliphatic rings. The van der Waals surface area contributed by atoms with Gasteiger partial charge in [-0.2, -0.15) is 0 Å². The third-order valence-corrected chi connectivity index (χ3v) is 8.19. The summed E-state index contributed by atoms with van der Waals surface area (Å²) in [5.41, 5.74) is 12.2. The number of allylic oxidation sites excluding steroid dienone is 3. The largest absolute Gasteiger partial charge is 0.265 e. The fourth-order valence-corrected chi connectivity index (χ4v) is 6.11. The van der Waals surface area contributed by atoms with Crippen molar-refractivity contribution >= 4 is 44.0 Å². The molecule has 3 heteroatoms. The summed E-state index contributed by atoms with van der Waals surface area (Å²) < 4.78 is 1.35. The van der Waals surface area contributed by atoms with Crippen LogP contribution in [0.1, 0.15) is 57.2 Å². The topological polar surface area (TPSA) is 24.7 Å². The molecule has 0 atom stereocenters. The average molecular weight is 437 g/mol. The highest BCUT2D eigenvalue weighted by atomic mass is 32.1. The Hall–Kier alpha value is -2.78. The molecule has 2 aromatic carbocycles. The molecule has 1 aliphatic carbocycles. The molecule has 3 heterocycles. The Kier molecular flexibility index (Phi) is 4.58. The molecule has 2 nitrogen and oxygen atoms in total. The Morgan fingerprint density at radius 2 is 1.62 bits per heavy atom. The third-order valence-electron chi connectivity index (χ3n) is 7.04. The van der Waals surface area contributed by atoms with Gasteiger partial charge in [0.05, 0.1) is 0 Å². The van der Waals surface area contributed by atoms with E-state index < -0.39 is 0 Å². The Morgan fingerprint density at radius 1 is 0.812 bits per heavy atom. The van der Waals surface area contributed by atoms with Gasteiger partial charge in [-0.05, 0) is 68.8 Å². The molecule has 32 heavy (non-hydrogen) atoms. The zero-order valence-electron chi connectivity index (χ0n) is 19.2. The van der Waals surface area contributed by atoms with Gasteiger partial charge in [0, 0.05) is 52.2 Å².